The van der Waals surface area contributed by atoms with E-state index in [2.05, 4.69) is 314 Å². The van der Waals surface area contributed by atoms with Crippen LogP contribution in [0, 0.1) is 0 Å². The fourth-order valence-corrected chi connectivity index (χ4v) is 21.8. The van der Waals surface area contributed by atoms with Crippen LogP contribution in [0.3, 0.4) is 0 Å². The number of rotatable bonds is 11. The van der Waals surface area contributed by atoms with Crippen LogP contribution in [0.25, 0.3) is 233 Å². The molecule has 25 aromatic rings. The van der Waals surface area contributed by atoms with Crippen molar-refractivity contribution in [2.24, 2.45) is 0 Å². The van der Waals surface area contributed by atoms with Crippen LogP contribution in [0.4, 0.5) is 0 Å². The van der Waals surface area contributed by atoms with Crippen LogP contribution in [0.2, 0.25) is 0 Å². The third-order valence-electron chi connectivity index (χ3n) is 23.4. The van der Waals surface area contributed by atoms with Gasteiger partial charge in [-0.05, 0) is 186 Å². The SMILES string of the molecule is c1ccc(-c2ccccc2-c2ccc3sc4c(-c5ccc6c(c5)c5cnccc5n6-c5ccccn5)cc(-c5ccc6c(c5)c5cnccc5n6-c5ccccn5)cc4c3c2)nc1.c1ccc(-n2c3ccccc3c3cc(-c4cccc(-c5cccc(-c6cccc7c6sc6c(-c8cccc9c8sc8ccccc89)cccc67)n5)n4)ccc32)nc1. The van der Waals surface area contributed by atoms with Gasteiger partial charge >= 0.3 is 0 Å². The number of aromatic nitrogens is 11. The molecule has 0 aliphatic rings. The molecule has 14 aromatic heterocycles. The Morgan fingerprint density at radius 2 is 0.600 bits per heavy atom. The van der Waals surface area contributed by atoms with Crippen LogP contribution in [0.1, 0.15) is 0 Å². The molecular weight excluding hydrogens is 1520 g/mol. The molecule has 0 unspecified atom stereocenters. The molecule has 120 heavy (non-hydrogen) atoms. The zero-order chi connectivity index (χ0) is 78.9. The smallest absolute Gasteiger partial charge is 0.137 e. The van der Waals surface area contributed by atoms with E-state index in [1.54, 1.807) is 0 Å². The van der Waals surface area contributed by atoms with Crippen molar-refractivity contribution < 1.29 is 0 Å². The summed E-state index contributed by atoms with van der Waals surface area (Å²) in [4.78, 5) is 38.6. The quantitative estimate of drug-likeness (QED) is 0.126. The molecule has 0 saturated heterocycles. The van der Waals surface area contributed by atoms with Crippen molar-refractivity contribution in [3.05, 3.63) is 383 Å². The fraction of sp³-hybridized carbons (Fsp3) is 0. The minimum absolute atomic E-state index is 0.840. The summed E-state index contributed by atoms with van der Waals surface area (Å²) in [6, 6.07) is 119. The lowest BCUT2D eigenvalue weighted by Crippen LogP contribution is -1.96. The highest BCUT2D eigenvalue weighted by Gasteiger charge is 2.24. The molecule has 0 amide bonds. The molecule has 0 N–H and O–H groups in total. The highest BCUT2D eigenvalue weighted by Crippen LogP contribution is 2.50. The Hall–Kier alpha value is -15.3. The lowest BCUT2D eigenvalue weighted by Gasteiger charge is -2.12. The van der Waals surface area contributed by atoms with Crippen molar-refractivity contribution in [1.29, 1.82) is 0 Å². The second-order valence-corrected chi connectivity index (χ2v) is 33.2. The molecule has 14 heteroatoms. The van der Waals surface area contributed by atoms with Gasteiger partial charge in [-0.15, -0.1) is 34.0 Å². The topological polar surface area (TPSA) is 118 Å². The monoisotopic (exact) mass is 1590 g/mol. The van der Waals surface area contributed by atoms with E-state index < -0.39 is 0 Å². The number of hydrogen-bond acceptors (Lipinski definition) is 11. The van der Waals surface area contributed by atoms with E-state index in [1.165, 1.54) is 88.0 Å². The first-order valence-corrected chi connectivity index (χ1v) is 42.3. The van der Waals surface area contributed by atoms with Crippen molar-refractivity contribution in [2.45, 2.75) is 0 Å². The van der Waals surface area contributed by atoms with Crippen LogP contribution < -0.4 is 0 Å². The number of fused-ring (bicyclic) bond motifs is 18. The fourth-order valence-electron chi connectivity index (χ4n) is 18.0. The summed E-state index contributed by atoms with van der Waals surface area (Å²) in [6.07, 6.45) is 15.0. The number of para-hydroxylation sites is 1. The zero-order valence-electron chi connectivity index (χ0n) is 64.0. The molecule has 11 aromatic carbocycles. The molecule has 25 rings (SSSR count). The summed E-state index contributed by atoms with van der Waals surface area (Å²) < 4.78 is 14.4. The van der Waals surface area contributed by atoms with Crippen LogP contribution in [0.5, 0.6) is 0 Å². The number of hydrogen-bond donors (Lipinski definition) is 0. The van der Waals surface area contributed by atoms with Gasteiger partial charge in [-0.2, -0.15) is 0 Å². The van der Waals surface area contributed by atoms with Gasteiger partial charge in [0.1, 0.15) is 17.5 Å². The third-order valence-corrected chi connectivity index (χ3v) is 27.1. The average molecular weight is 1590 g/mol. The highest BCUT2D eigenvalue weighted by atomic mass is 32.1. The van der Waals surface area contributed by atoms with E-state index in [-0.39, 0.29) is 0 Å². The van der Waals surface area contributed by atoms with Gasteiger partial charge in [-0.1, -0.05) is 176 Å². The highest BCUT2D eigenvalue weighted by molar-refractivity contribution is 7.28. The van der Waals surface area contributed by atoms with E-state index >= 15 is 0 Å². The summed E-state index contributed by atoms with van der Waals surface area (Å²) in [6.45, 7) is 0. The third kappa shape index (κ3) is 11.4. The van der Waals surface area contributed by atoms with Gasteiger partial charge in [0.05, 0.1) is 61.6 Å². The van der Waals surface area contributed by atoms with Gasteiger partial charge < -0.3 is 0 Å². The van der Waals surface area contributed by atoms with Gasteiger partial charge in [-0.3, -0.25) is 28.7 Å². The Labute approximate surface area is 698 Å². The minimum atomic E-state index is 0.840. The second-order valence-electron chi connectivity index (χ2n) is 30.1. The van der Waals surface area contributed by atoms with Gasteiger partial charge in [0.25, 0.3) is 0 Å². The molecule has 0 bridgehead atoms. The van der Waals surface area contributed by atoms with Crippen molar-refractivity contribution >= 4 is 160 Å². The Kier molecular flexibility index (Phi) is 16.3. The Bertz CT molecular complexity index is 8440. The largest absolute Gasteiger partial charge is 0.294 e. The lowest BCUT2D eigenvalue weighted by atomic mass is 9.93. The number of benzene rings is 11. The van der Waals surface area contributed by atoms with E-state index in [1.807, 2.05) is 132 Å². The normalized spacial score (nSPS) is 11.8. The summed E-state index contributed by atoms with van der Waals surface area (Å²) >= 11 is 5.60. The maximum absolute atomic E-state index is 5.28. The maximum Gasteiger partial charge on any atom is 0.137 e. The van der Waals surface area contributed by atoms with Crippen molar-refractivity contribution in [2.75, 3.05) is 0 Å². The number of pyridine rings is 8. The van der Waals surface area contributed by atoms with Crippen LogP contribution >= 0.6 is 34.0 Å². The van der Waals surface area contributed by atoms with Gasteiger partial charge in [0.2, 0.25) is 0 Å². The number of thiophene rings is 3. The van der Waals surface area contributed by atoms with Crippen molar-refractivity contribution in [3.8, 4) is 107 Å². The average Bonchev–Trinajstić information content (AvgIpc) is 1.43. The first kappa shape index (κ1) is 69.0. The molecular formula is C106H63N11S3. The van der Waals surface area contributed by atoms with Crippen molar-refractivity contribution in [1.82, 2.24) is 53.6 Å². The molecule has 0 saturated carbocycles. The number of nitrogens with zero attached hydrogens (tertiary/aromatic N) is 11. The zero-order valence-corrected chi connectivity index (χ0v) is 66.5. The van der Waals surface area contributed by atoms with Crippen LogP contribution in [-0.4, -0.2) is 53.6 Å². The Morgan fingerprint density at radius 1 is 0.192 bits per heavy atom. The van der Waals surface area contributed by atoms with E-state index in [9.17, 15) is 0 Å². The van der Waals surface area contributed by atoms with E-state index in [0.717, 1.165) is 145 Å². The van der Waals surface area contributed by atoms with Gasteiger partial charge in [-0.25, -0.2) is 24.9 Å². The Morgan fingerprint density at radius 3 is 1.24 bits per heavy atom. The summed E-state index contributed by atoms with van der Waals surface area (Å²) in [7, 11) is 0. The molecule has 0 spiro atoms. The van der Waals surface area contributed by atoms with Crippen molar-refractivity contribution in [3.63, 3.8) is 0 Å². The molecule has 0 aliphatic carbocycles. The lowest BCUT2D eigenvalue weighted by molar-refractivity contribution is 1.08. The molecule has 0 radical (unpaired) electrons. The summed E-state index contributed by atoms with van der Waals surface area (Å²) in [5, 5.41) is 14.4. The molecule has 560 valence electrons. The van der Waals surface area contributed by atoms with E-state index in [4.69, 9.17) is 24.9 Å². The van der Waals surface area contributed by atoms with Gasteiger partial charge in [0.15, 0.2) is 0 Å². The first-order chi connectivity index (χ1) is 59.5. The minimum Gasteiger partial charge on any atom is -0.294 e. The second kappa shape index (κ2) is 28.3. The summed E-state index contributed by atoms with van der Waals surface area (Å²) in [5.41, 5.74) is 23.8. The summed E-state index contributed by atoms with van der Waals surface area (Å²) in [5.74, 6) is 2.65. The standard InChI is InChI=1S/C55H33N7S.C51H30N4S2/c1-2-10-39(47-11-3-6-22-58-47)38(9-1)35-16-19-52-43(29-35)44-31-37(34-14-17-48-41(27-34)45-32-56-25-20-50(45)61(48)53-12-4-7-23-59-53)30-40(55(44)63-52)36-15-18-49-42(28-36)46-33-57-26-21-51(46)62(49)54-13-5-8-24-60-54;1-3-24-45-32(12-1)40-30-31(27-28-46(40)55(45)48-26-5-6-29-52-48)41-20-10-22-43(53-41)44-23-11-21-42(54-44)39-19-9-18-38-37-17-8-16-36(50(37)57-51(38)39)35-15-7-14-34-33-13-2-4-25-47(33)56-49(34)35/h1-33H;1-30H. The van der Waals surface area contributed by atoms with E-state index in [0.29, 0.717) is 0 Å². The predicted octanol–water partition coefficient (Wildman–Crippen LogP) is 28.3. The van der Waals surface area contributed by atoms with Gasteiger partial charge in [0, 0.05) is 176 Å². The van der Waals surface area contributed by atoms with Crippen LogP contribution in [-0.2, 0) is 0 Å². The molecule has 11 nitrogen and oxygen atoms in total. The predicted molar refractivity (Wildman–Crippen MR) is 500 cm³/mol. The van der Waals surface area contributed by atoms with Crippen LogP contribution in [0.15, 0.2) is 383 Å². The molecule has 14 heterocycles. The maximum atomic E-state index is 5.28. The Balaban J connectivity index is 0.000000137. The molecule has 0 atom stereocenters. The molecule has 0 fully saturated rings. The first-order valence-electron chi connectivity index (χ1n) is 39.9. The molecule has 0 aliphatic heterocycles.